The molecule has 2 N–H and O–H groups in total. The molecule has 1 aliphatic carbocycles. The lowest BCUT2D eigenvalue weighted by molar-refractivity contribution is -0.138. The lowest BCUT2D eigenvalue weighted by atomic mass is 9.69. The van der Waals surface area contributed by atoms with Gasteiger partial charge in [-0.15, -0.1) is 11.3 Å². The maximum Gasteiger partial charge on any atom is 0.338 e. The molecular weight excluding hydrogens is 476 g/mol. The second-order valence-electron chi connectivity index (χ2n) is 8.57. The average Bonchev–Trinajstić information content (AvgIpc) is 3.13. The van der Waals surface area contributed by atoms with Gasteiger partial charge in [-0.05, 0) is 59.0 Å². The number of para-hydroxylation sites is 1. The van der Waals surface area contributed by atoms with E-state index in [4.69, 9.17) is 10.5 Å². The van der Waals surface area contributed by atoms with Gasteiger partial charge in [-0.2, -0.15) is 0 Å². The first-order valence-corrected chi connectivity index (χ1v) is 11.9. The molecule has 31 heavy (non-hydrogen) atoms. The normalized spacial score (nSPS) is 20.7. The van der Waals surface area contributed by atoms with Crippen molar-refractivity contribution in [3.05, 3.63) is 73.8 Å². The van der Waals surface area contributed by atoms with E-state index in [1.54, 1.807) is 6.92 Å². The SMILES string of the molecule is CCOC(=O)C1=C(N)N(c2ccccc2)C2=C(C(=O)CC(C)(C)C2)C1c1ccc(Br)s1. The highest BCUT2D eigenvalue weighted by atomic mass is 79.9. The third kappa shape index (κ3) is 3.96. The highest BCUT2D eigenvalue weighted by Gasteiger charge is 2.47. The fourth-order valence-corrected chi connectivity index (χ4v) is 6.00. The summed E-state index contributed by atoms with van der Waals surface area (Å²) in [6, 6.07) is 13.5. The lowest BCUT2D eigenvalue weighted by Gasteiger charge is -2.44. The molecule has 0 saturated heterocycles. The third-order valence-corrected chi connectivity index (χ3v) is 7.34. The number of esters is 1. The van der Waals surface area contributed by atoms with E-state index in [1.165, 1.54) is 11.3 Å². The molecular formula is C24H25BrN2O3S. The summed E-state index contributed by atoms with van der Waals surface area (Å²) in [6.45, 7) is 6.18. The molecule has 0 saturated carbocycles. The maximum absolute atomic E-state index is 13.5. The Bertz CT molecular complexity index is 1100. The van der Waals surface area contributed by atoms with Crippen LogP contribution in [0.5, 0.6) is 0 Å². The quantitative estimate of drug-likeness (QED) is 0.561. The molecule has 0 bridgehead atoms. The number of carbonyl (C=O) groups excluding carboxylic acids is 2. The number of Topliss-reactive ketones (excluding diaryl/α,β-unsaturated/α-hetero) is 1. The molecule has 1 aromatic heterocycles. The first-order valence-electron chi connectivity index (χ1n) is 10.3. The summed E-state index contributed by atoms with van der Waals surface area (Å²) < 4.78 is 6.34. The molecule has 4 rings (SSSR count). The molecule has 1 aliphatic heterocycles. The molecule has 1 atom stereocenters. The smallest absolute Gasteiger partial charge is 0.338 e. The number of carbonyl (C=O) groups is 2. The molecule has 5 nitrogen and oxygen atoms in total. The number of ketones is 1. The van der Waals surface area contributed by atoms with Gasteiger partial charge in [0.05, 0.1) is 21.9 Å². The van der Waals surface area contributed by atoms with Crippen molar-refractivity contribution in [2.75, 3.05) is 11.5 Å². The first kappa shape index (κ1) is 21.8. The second-order valence-corrected chi connectivity index (χ2v) is 11.1. The fourth-order valence-electron chi connectivity index (χ4n) is 4.46. The average molecular weight is 501 g/mol. The predicted octanol–water partition coefficient (Wildman–Crippen LogP) is 5.49. The number of nitrogens with two attached hydrogens (primary N) is 1. The van der Waals surface area contributed by atoms with Crippen molar-refractivity contribution in [2.45, 2.75) is 39.5 Å². The van der Waals surface area contributed by atoms with Gasteiger partial charge in [-0.3, -0.25) is 9.69 Å². The number of allylic oxidation sites excluding steroid dienone is 2. The molecule has 162 valence electrons. The van der Waals surface area contributed by atoms with Gasteiger partial charge in [0.15, 0.2) is 5.78 Å². The summed E-state index contributed by atoms with van der Waals surface area (Å²) in [5, 5.41) is 0. The highest BCUT2D eigenvalue weighted by molar-refractivity contribution is 9.11. The number of nitrogens with zero attached hydrogens (tertiary/aromatic N) is 1. The lowest BCUT2D eigenvalue weighted by Crippen LogP contribution is -2.43. The Morgan fingerprint density at radius 2 is 1.94 bits per heavy atom. The van der Waals surface area contributed by atoms with Crippen LogP contribution in [0.2, 0.25) is 0 Å². The number of rotatable bonds is 4. The highest BCUT2D eigenvalue weighted by Crippen LogP contribution is 2.51. The number of hydrogen-bond acceptors (Lipinski definition) is 6. The Morgan fingerprint density at radius 3 is 2.55 bits per heavy atom. The molecule has 0 spiro atoms. The maximum atomic E-state index is 13.5. The van der Waals surface area contributed by atoms with E-state index in [-0.39, 0.29) is 17.8 Å². The van der Waals surface area contributed by atoms with Crippen molar-refractivity contribution in [2.24, 2.45) is 11.1 Å². The molecule has 0 fully saturated rings. The van der Waals surface area contributed by atoms with Crippen LogP contribution in [0, 0.1) is 5.41 Å². The van der Waals surface area contributed by atoms with Crippen LogP contribution in [0.1, 0.15) is 44.4 Å². The van der Waals surface area contributed by atoms with Crippen LogP contribution in [-0.2, 0) is 14.3 Å². The van der Waals surface area contributed by atoms with Crippen LogP contribution in [0.15, 0.2) is 68.9 Å². The van der Waals surface area contributed by atoms with Crippen LogP contribution < -0.4 is 10.6 Å². The monoisotopic (exact) mass is 500 g/mol. The zero-order chi connectivity index (χ0) is 22.3. The van der Waals surface area contributed by atoms with Crippen LogP contribution in [0.3, 0.4) is 0 Å². The van der Waals surface area contributed by atoms with Crippen molar-refractivity contribution in [1.29, 1.82) is 0 Å². The largest absolute Gasteiger partial charge is 0.463 e. The molecule has 7 heteroatoms. The van der Waals surface area contributed by atoms with Gasteiger partial charge < -0.3 is 10.5 Å². The van der Waals surface area contributed by atoms with Gasteiger partial charge in [-0.25, -0.2) is 4.79 Å². The Kier molecular flexibility index (Phi) is 5.83. The minimum Gasteiger partial charge on any atom is -0.463 e. The molecule has 2 heterocycles. The van der Waals surface area contributed by atoms with Crippen molar-refractivity contribution >= 4 is 44.7 Å². The second kappa shape index (κ2) is 8.28. The minimum absolute atomic E-state index is 0.0519. The van der Waals surface area contributed by atoms with E-state index in [2.05, 4.69) is 29.8 Å². The Balaban J connectivity index is 2.01. The van der Waals surface area contributed by atoms with Crippen LogP contribution in [-0.4, -0.2) is 18.4 Å². The van der Waals surface area contributed by atoms with Gasteiger partial charge in [0, 0.05) is 28.3 Å². The number of anilines is 1. The van der Waals surface area contributed by atoms with Crippen molar-refractivity contribution < 1.29 is 14.3 Å². The van der Waals surface area contributed by atoms with Crippen molar-refractivity contribution in [3.63, 3.8) is 0 Å². The van der Waals surface area contributed by atoms with Crippen molar-refractivity contribution in [1.82, 2.24) is 0 Å². The van der Waals surface area contributed by atoms with Gasteiger partial charge in [0.1, 0.15) is 5.82 Å². The number of hydrogen-bond donors (Lipinski definition) is 1. The molecule has 1 aromatic carbocycles. The van der Waals surface area contributed by atoms with Gasteiger partial charge in [0.25, 0.3) is 0 Å². The number of benzene rings is 1. The molecule has 0 radical (unpaired) electrons. The van der Waals surface area contributed by atoms with E-state index < -0.39 is 11.9 Å². The summed E-state index contributed by atoms with van der Waals surface area (Å²) in [7, 11) is 0. The van der Waals surface area contributed by atoms with E-state index in [1.807, 2.05) is 47.4 Å². The summed E-state index contributed by atoms with van der Waals surface area (Å²) in [5.41, 5.74) is 9.18. The van der Waals surface area contributed by atoms with E-state index in [9.17, 15) is 9.59 Å². The number of ether oxygens (including phenoxy) is 1. The zero-order valence-electron chi connectivity index (χ0n) is 17.8. The summed E-state index contributed by atoms with van der Waals surface area (Å²) in [6.07, 6.45) is 1.11. The number of thiophene rings is 1. The topological polar surface area (TPSA) is 72.6 Å². The number of halogens is 1. The summed E-state index contributed by atoms with van der Waals surface area (Å²) in [4.78, 5) is 29.5. The van der Waals surface area contributed by atoms with Gasteiger partial charge >= 0.3 is 5.97 Å². The standard InChI is InChI=1S/C24H25BrN2O3S/c1-4-30-23(29)21-20(17-10-11-18(25)31-17)19-15(12-24(2,3)13-16(19)28)27(22(21)26)14-8-6-5-7-9-14/h5-11,20H,4,12-13,26H2,1-3H3. The first-order chi connectivity index (χ1) is 14.7. The summed E-state index contributed by atoms with van der Waals surface area (Å²) >= 11 is 5.02. The van der Waals surface area contributed by atoms with E-state index in [0.717, 1.165) is 20.0 Å². The van der Waals surface area contributed by atoms with Crippen LogP contribution in [0.4, 0.5) is 5.69 Å². The van der Waals surface area contributed by atoms with E-state index in [0.29, 0.717) is 29.8 Å². The molecule has 1 unspecified atom stereocenters. The van der Waals surface area contributed by atoms with Gasteiger partial charge in [-0.1, -0.05) is 32.0 Å². The Hall–Kier alpha value is -2.38. The summed E-state index contributed by atoms with van der Waals surface area (Å²) in [5.74, 6) is -0.645. The van der Waals surface area contributed by atoms with E-state index >= 15 is 0 Å². The Morgan fingerprint density at radius 1 is 1.23 bits per heavy atom. The van der Waals surface area contributed by atoms with Gasteiger partial charge in [0.2, 0.25) is 0 Å². The third-order valence-electron chi connectivity index (χ3n) is 5.65. The minimum atomic E-state index is -0.533. The van der Waals surface area contributed by atoms with Crippen molar-refractivity contribution in [3.8, 4) is 0 Å². The fraction of sp³-hybridized carbons (Fsp3) is 0.333. The molecule has 0 amide bonds. The van der Waals surface area contributed by atoms with Crippen LogP contribution in [0.25, 0.3) is 0 Å². The zero-order valence-corrected chi connectivity index (χ0v) is 20.2. The predicted molar refractivity (Wildman–Crippen MR) is 127 cm³/mol. The molecule has 2 aromatic rings. The molecule has 2 aliphatic rings. The Labute approximate surface area is 194 Å². The van der Waals surface area contributed by atoms with Crippen LogP contribution >= 0.6 is 27.3 Å².